The Morgan fingerprint density at radius 2 is 1.50 bits per heavy atom. The summed E-state index contributed by atoms with van der Waals surface area (Å²) in [5.74, 6) is 0. The molecule has 0 saturated heterocycles. The van der Waals surface area contributed by atoms with Gasteiger partial charge in [0.25, 0.3) is 0 Å². The molecule has 0 nitrogen and oxygen atoms in total. The van der Waals surface area contributed by atoms with Crippen LogP contribution in [0.25, 0.3) is 11.1 Å². The molecule has 4 rings (SSSR count). The van der Waals surface area contributed by atoms with Crippen molar-refractivity contribution >= 4 is 6.48 Å². The number of halogens is 2. The summed E-state index contributed by atoms with van der Waals surface area (Å²) >= 11 is -1.98. The molecule has 28 heavy (non-hydrogen) atoms. The molecule has 0 heterocycles. The van der Waals surface area contributed by atoms with Crippen molar-refractivity contribution in [2.45, 2.75) is 54.4 Å². The number of fused-ring (bicyclic) bond motifs is 3. The number of hydrogen-bond donors (Lipinski definition) is 0. The van der Waals surface area contributed by atoms with Crippen LogP contribution in [0.3, 0.4) is 0 Å². The van der Waals surface area contributed by atoms with Gasteiger partial charge in [-0.25, -0.2) is 0 Å². The van der Waals surface area contributed by atoms with Crippen LogP contribution in [-0.2, 0) is 27.7 Å². The summed E-state index contributed by atoms with van der Waals surface area (Å²) in [7, 11) is 0. The number of rotatable bonds is 2. The van der Waals surface area contributed by atoms with Crippen molar-refractivity contribution in [2.75, 3.05) is 0 Å². The molecule has 0 unspecified atom stereocenters. The molecule has 2 aliphatic carbocycles. The van der Waals surface area contributed by atoms with Crippen molar-refractivity contribution < 1.29 is 46.1 Å². The van der Waals surface area contributed by atoms with Gasteiger partial charge in [0, 0.05) is 0 Å². The second-order valence-electron chi connectivity index (χ2n) is 8.19. The van der Waals surface area contributed by atoms with Crippen LogP contribution in [0.1, 0.15) is 53.6 Å². The quantitative estimate of drug-likeness (QED) is 0.467. The zero-order valence-corrected chi connectivity index (χ0v) is 21.6. The van der Waals surface area contributed by atoms with Gasteiger partial charge in [0.1, 0.15) is 0 Å². The van der Waals surface area contributed by atoms with Gasteiger partial charge in [0.2, 0.25) is 0 Å². The summed E-state index contributed by atoms with van der Waals surface area (Å²) in [6.45, 7) is 13.9. The molecule has 0 aromatic heterocycles. The molecule has 0 fully saturated rings. The summed E-state index contributed by atoms with van der Waals surface area (Å²) in [6, 6.07) is 7.32. The van der Waals surface area contributed by atoms with Gasteiger partial charge in [-0.15, -0.1) is 0 Å². The maximum atomic E-state index is 2.46. The Hall–Kier alpha value is -0.747. The Morgan fingerprint density at radius 3 is 2.11 bits per heavy atom. The Morgan fingerprint density at radius 1 is 0.857 bits per heavy atom. The second-order valence-corrected chi connectivity index (χ2v) is 15.3. The Labute approximate surface area is 190 Å². The molecule has 146 valence electrons. The van der Waals surface area contributed by atoms with E-state index in [1.807, 2.05) is 0 Å². The van der Waals surface area contributed by atoms with E-state index in [0.717, 1.165) is 6.42 Å². The summed E-state index contributed by atoms with van der Waals surface area (Å²) in [5, 5.41) is 0. The van der Waals surface area contributed by atoms with Gasteiger partial charge in [0.05, 0.1) is 0 Å². The van der Waals surface area contributed by atoms with E-state index in [-0.39, 0.29) is 24.8 Å². The molecule has 0 radical (unpaired) electrons. The molecule has 2 aromatic carbocycles. The molecular formula is C25H28Cl2Zr. The van der Waals surface area contributed by atoms with Crippen LogP contribution in [0.15, 0.2) is 39.7 Å². The maximum absolute atomic E-state index is 2.46. The van der Waals surface area contributed by atoms with Gasteiger partial charge in [-0.2, -0.15) is 0 Å². The van der Waals surface area contributed by atoms with Crippen LogP contribution >= 0.6 is 0 Å². The molecule has 0 bridgehead atoms. The molecule has 0 amide bonds. The third kappa shape index (κ3) is 3.83. The fraction of sp³-hybridized carbons (Fsp3) is 0.320. The molecule has 2 aromatic rings. The zero-order chi connectivity index (χ0) is 18.6. The standard InChI is InChI=1S/C17H17.C5H5.C3H6.2ClH.Zr/c1-10-5-14-9-15-6-11(2)13(4)8-17(15)16(14)7-12(10)3;1-2-4-5-3-1;1-3-2;;;/h5,7-8H,9H2,1-4H3;1-3H,4H2;1-2H3;2*1H;/q;;;;;+2/p-2. The summed E-state index contributed by atoms with van der Waals surface area (Å²) < 4.78 is 5.21. The van der Waals surface area contributed by atoms with Crippen molar-refractivity contribution in [3.63, 3.8) is 0 Å². The van der Waals surface area contributed by atoms with Gasteiger partial charge >= 0.3 is 166 Å². The van der Waals surface area contributed by atoms with Crippen molar-refractivity contribution in [3.8, 4) is 11.1 Å². The molecule has 0 atom stereocenters. The van der Waals surface area contributed by atoms with Crippen LogP contribution in [0.2, 0.25) is 0 Å². The molecule has 2 aliphatic rings. The fourth-order valence-corrected chi connectivity index (χ4v) is 12.3. The summed E-state index contributed by atoms with van der Waals surface area (Å²) in [5.41, 5.74) is 12.1. The van der Waals surface area contributed by atoms with Gasteiger partial charge in [-0.3, -0.25) is 0 Å². The maximum Gasteiger partial charge on any atom is -1.00 e. The molecule has 0 aliphatic heterocycles. The summed E-state index contributed by atoms with van der Waals surface area (Å²) in [4.78, 5) is 0. The van der Waals surface area contributed by atoms with Crippen molar-refractivity contribution in [1.29, 1.82) is 0 Å². The van der Waals surface area contributed by atoms with Gasteiger partial charge in [0.15, 0.2) is 0 Å². The van der Waals surface area contributed by atoms with E-state index < -0.39 is 21.3 Å². The predicted octanol–water partition coefficient (Wildman–Crippen LogP) is -0.201. The van der Waals surface area contributed by atoms with Crippen LogP contribution < -0.4 is 28.1 Å². The SMILES string of the molecule is C[C](C)=[Zr+2]([C]1=CC=CC1)[c]1c(C)c(C)cc2c1Cc1cc(C)c(C)cc1-2.[Cl-].[Cl-]. The Kier molecular flexibility index (Phi) is 7.52. The molecule has 0 N–H and O–H groups in total. The third-order valence-electron chi connectivity index (χ3n) is 6.17. The Balaban J connectivity index is 0.00000140. The monoisotopic (exact) mass is 488 g/mol. The van der Waals surface area contributed by atoms with E-state index in [0.29, 0.717) is 0 Å². The first-order valence-corrected chi connectivity index (χ1v) is 13.3. The van der Waals surface area contributed by atoms with E-state index in [4.69, 9.17) is 0 Å². The first kappa shape index (κ1) is 23.5. The first-order valence-electron chi connectivity index (χ1n) is 9.66. The Bertz CT molecular complexity index is 1040. The minimum absolute atomic E-state index is 0. The van der Waals surface area contributed by atoms with Crippen molar-refractivity contribution in [1.82, 2.24) is 0 Å². The number of benzene rings is 2. The predicted molar refractivity (Wildman–Crippen MR) is 111 cm³/mol. The van der Waals surface area contributed by atoms with E-state index in [1.54, 1.807) is 20.9 Å². The third-order valence-corrected chi connectivity index (χ3v) is 14.0. The normalized spacial score (nSPS) is 13.0. The van der Waals surface area contributed by atoms with E-state index in [1.165, 1.54) is 39.8 Å². The minimum Gasteiger partial charge on any atom is -1.00 e. The van der Waals surface area contributed by atoms with E-state index in [2.05, 4.69) is 78.0 Å². The number of hydrogen-bond acceptors (Lipinski definition) is 0. The minimum atomic E-state index is -1.98. The van der Waals surface area contributed by atoms with Gasteiger partial charge in [-0.1, -0.05) is 0 Å². The molecule has 0 saturated carbocycles. The molecule has 3 heteroatoms. The average Bonchev–Trinajstić information content (AvgIpc) is 3.21. The van der Waals surface area contributed by atoms with E-state index >= 15 is 0 Å². The molecule has 0 spiro atoms. The largest absolute Gasteiger partial charge is 1.00 e. The van der Waals surface area contributed by atoms with Crippen LogP contribution in [0, 0.1) is 27.7 Å². The first-order chi connectivity index (χ1) is 12.4. The van der Waals surface area contributed by atoms with E-state index in [9.17, 15) is 0 Å². The van der Waals surface area contributed by atoms with Crippen molar-refractivity contribution in [3.05, 3.63) is 73.1 Å². The van der Waals surface area contributed by atoms with Crippen molar-refractivity contribution in [2.24, 2.45) is 0 Å². The average molecular weight is 491 g/mol. The number of allylic oxidation sites excluding steroid dienone is 4. The smallest absolute Gasteiger partial charge is 1.00 e. The fourth-order valence-electron chi connectivity index (χ4n) is 4.56. The van der Waals surface area contributed by atoms with Gasteiger partial charge < -0.3 is 24.8 Å². The molecular weight excluding hydrogens is 462 g/mol. The topological polar surface area (TPSA) is 0 Å². The van der Waals surface area contributed by atoms with Crippen LogP contribution in [0.5, 0.6) is 0 Å². The zero-order valence-electron chi connectivity index (χ0n) is 17.6. The van der Waals surface area contributed by atoms with Crippen LogP contribution in [0.4, 0.5) is 0 Å². The second kappa shape index (κ2) is 8.95. The summed E-state index contributed by atoms with van der Waals surface area (Å²) in [6.07, 6.45) is 9.33. The van der Waals surface area contributed by atoms with Crippen LogP contribution in [-0.4, -0.2) is 3.21 Å². The number of aryl methyl sites for hydroxylation is 3. The van der Waals surface area contributed by atoms with Gasteiger partial charge in [-0.05, 0) is 0 Å².